The van der Waals surface area contributed by atoms with Crippen LogP contribution in [0.4, 0.5) is 0 Å². The molecule has 1 aliphatic carbocycles. The van der Waals surface area contributed by atoms with E-state index >= 15 is 0 Å². The summed E-state index contributed by atoms with van der Waals surface area (Å²) in [5.74, 6) is 0.0385. The van der Waals surface area contributed by atoms with Crippen molar-refractivity contribution in [2.24, 2.45) is 11.7 Å². The molecule has 0 saturated heterocycles. The smallest absolute Gasteiger partial charge is 0.224 e. The van der Waals surface area contributed by atoms with Crippen LogP contribution in [0.3, 0.4) is 0 Å². The second-order valence-corrected chi connectivity index (χ2v) is 4.59. The molecule has 92 valence electrons. The summed E-state index contributed by atoms with van der Waals surface area (Å²) < 4.78 is 0. The molecule has 0 bridgehead atoms. The highest BCUT2D eigenvalue weighted by atomic mass is 16.3. The van der Waals surface area contributed by atoms with Crippen LogP contribution in [0.2, 0.25) is 0 Å². The third-order valence-electron chi connectivity index (χ3n) is 2.97. The van der Waals surface area contributed by atoms with Gasteiger partial charge in [0.15, 0.2) is 0 Å². The molecule has 4 nitrogen and oxygen atoms in total. The highest BCUT2D eigenvalue weighted by Crippen LogP contribution is 2.20. The first-order valence-electron chi connectivity index (χ1n) is 5.97. The van der Waals surface area contributed by atoms with E-state index in [0.29, 0.717) is 19.0 Å². The Bertz CT molecular complexity index is 402. The van der Waals surface area contributed by atoms with Crippen LogP contribution in [-0.4, -0.2) is 23.6 Å². The van der Waals surface area contributed by atoms with Crippen molar-refractivity contribution < 1.29 is 9.90 Å². The van der Waals surface area contributed by atoms with E-state index in [1.54, 1.807) is 18.2 Å². The number of phenolic OH excluding ortho intramolecular Hbond substituents is 1. The van der Waals surface area contributed by atoms with Crippen LogP contribution in [0.15, 0.2) is 24.3 Å². The molecule has 0 aliphatic heterocycles. The van der Waals surface area contributed by atoms with Crippen molar-refractivity contribution in [3.63, 3.8) is 0 Å². The topological polar surface area (TPSA) is 75.3 Å². The Morgan fingerprint density at radius 1 is 1.53 bits per heavy atom. The molecule has 1 fully saturated rings. The lowest BCUT2D eigenvalue weighted by molar-refractivity contribution is -0.124. The maximum absolute atomic E-state index is 11.9. The molecule has 1 saturated carbocycles. The molecule has 17 heavy (non-hydrogen) atoms. The second-order valence-electron chi connectivity index (χ2n) is 4.59. The predicted octanol–water partition coefficient (Wildman–Crippen LogP) is 0.788. The summed E-state index contributed by atoms with van der Waals surface area (Å²) in [5.41, 5.74) is 6.57. The fourth-order valence-electron chi connectivity index (χ4n) is 1.80. The van der Waals surface area contributed by atoms with Gasteiger partial charge in [-0.1, -0.05) is 12.1 Å². The third-order valence-corrected chi connectivity index (χ3v) is 2.97. The van der Waals surface area contributed by atoms with Crippen LogP contribution in [-0.2, 0) is 11.2 Å². The van der Waals surface area contributed by atoms with E-state index in [1.165, 1.54) is 0 Å². The van der Waals surface area contributed by atoms with Gasteiger partial charge in [-0.05, 0) is 37.0 Å². The number of phenols is 1. The molecule has 4 N–H and O–H groups in total. The average Bonchev–Trinajstić information content (AvgIpc) is 3.09. The number of benzene rings is 1. The van der Waals surface area contributed by atoms with Gasteiger partial charge >= 0.3 is 0 Å². The van der Waals surface area contributed by atoms with Gasteiger partial charge in [0.2, 0.25) is 5.91 Å². The van der Waals surface area contributed by atoms with E-state index in [4.69, 9.17) is 5.73 Å². The number of carbonyl (C=O) groups is 1. The van der Waals surface area contributed by atoms with Crippen molar-refractivity contribution in [3.05, 3.63) is 29.8 Å². The maximum atomic E-state index is 11.9. The standard InChI is InChI=1S/C13H18N2O2/c14-8-10(13(17)15-11-4-5-11)6-9-2-1-3-12(16)7-9/h1-3,7,10-11,16H,4-6,8,14H2,(H,15,17). The van der Waals surface area contributed by atoms with Gasteiger partial charge in [0.25, 0.3) is 0 Å². The van der Waals surface area contributed by atoms with E-state index in [2.05, 4.69) is 5.32 Å². The molecule has 4 heteroatoms. The Morgan fingerprint density at radius 3 is 2.88 bits per heavy atom. The lowest BCUT2D eigenvalue weighted by atomic mass is 9.98. The molecular formula is C13H18N2O2. The first kappa shape index (κ1) is 11.9. The number of nitrogens with one attached hydrogen (secondary N) is 1. The van der Waals surface area contributed by atoms with Gasteiger partial charge in [0.1, 0.15) is 5.75 Å². The summed E-state index contributed by atoms with van der Waals surface area (Å²) in [6.45, 7) is 0.328. The molecule has 1 amide bonds. The van der Waals surface area contributed by atoms with Crippen molar-refractivity contribution in [1.29, 1.82) is 0 Å². The fraction of sp³-hybridized carbons (Fsp3) is 0.462. The molecule has 1 aromatic carbocycles. The molecule has 1 aliphatic rings. The first-order chi connectivity index (χ1) is 8.19. The van der Waals surface area contributed by atoms with Crippen molar-refractivity contribution in [1.82, 2.24) is 5.32 Å². The SMILES string of the molecule is NCC(Cc1cccc(O)c1)C(=O)NC1CC1. The minimum atomic E-state index is -0.211. The van der Waals surface area contributed by atoms with E-state index in [1.807, 2.05) is 6.07 Å². The van der Waals surface area contributed by atoms with E-state index < -0.39 is 0 Å². The zero-order valence-corrected chi connectivity index (χ0v) is 9.73. The Hall–Kier alpha value is -1.55. The molecule has 1 atom stereocenters. The maximum Gasteiger partial charge on any atom is 0.224 e. The van der Waals surface area contributed by atoms with Crippen LogP contribution in [0.1, 0.15) is 18.4 Å². The summed E-state index contributed by atoms with van der Waals surface area (Å²) in [4.78, 5) is 11.9. The predicted molar refractivity (Wildman–Crippen MR) is 65.5 cm³/mol. The van der Waals surface area contributed by atoms with Gasteiger partial charge in [0, 0.05) is 12.6 Å². The Kier molecular flexibility index (Phi) is 3.64. The number of hydrogen-bond donors (Lipinski definition) is 3. The molecule has 0 heterocycles. The first-order valence-corrected chi connectivity index (χ1v) is 5.97. The minimum absolute atomic E-state index is 0.0262. The number of nitrogens with two attached hydrogens (primary N) is 1. The summed E-state index contributed by atoms with van der Waals surface area (Å²) >= 11 is 0. The number of aromatic hydroxyl groups is 1. The van der Waals surface area contributed by atoms with Gasteiger partial charge in [-0.3, -0.25) is 4.79 Å². The molecule has 2 rings (SSSR count). The molecule has 1 unspecified atom stereocenters. The van der Waals surface area contributed by atoms with Gasteiger partial charge in [-0.2, -0.15) is 0 Å². The van der Waals surface area contributed by atoms with Crippen LogP contribution in [0, 0.1) is 5.92 Å². The summed E-state index contributed by atoms with van der Waals surface area (Å²) in [7, 11) is 0. The van der Waals surface area contributed by atoms with E-state index in [9.17, 15) is 9.90 Å². The van der Waals surface area contributed by atoms with Crippen LogP contribution in [0.5, 0.6) is 5.75 Å². The highest BCUT2D eigenvalue weighted by molar-refractivity contribution is 5.79. The van der Waals surface area contributed by atoms with Crippen molar-refractivity contribution in [2.75, 3.05) is 6.54 Å². The largest absolute Gasteiger partial charge is 0.508 e. The van der Waals surface area contributed by atoms with Gasteiger partial charge in [0.05, 0.1) is 5.92 Å². The highest BCUT2D eigenvalue weighted by Gasteiger charge is 2.26. The van der Waals surface area contributed by atoms with E-state index in [0.717, 1.165) is 18.4 Å². The number of carbonyl (C=O) groups excluding carboxylic acids is 1. The van der Waals surface area contributed by atoms with Crippen molar-refractivity contribution >= 4 is 5.91 Å². The van der Waals surface area contributed by atoms with Crippen LogP contribution < -0.4 is 11.1 Å². The molecule has 0 spiro atoms. The normalized spacial score (nSPS) is 16.5. The Morgan fingerprint density at radius 2 is 2.29 bits per heavy atom. The zero-order chi connectivity index (χ0) is 12.3. The lowest BCUT2D eigenvalue weighted by Crippen LogP contribution is -2.37. The van der Waals surface area contributed by atoms with E-state index in [-0.39, 0.29) is 17.6 Å². The van der Waals surface area contributed by atoms with Gasteiger partial charge in [-0.15, -0.1) is 0 Å². The quantitative estimate of drug-likeness (QED) is 0.705. The molecular weight excluding hydrogens is 216 g/mol. The Balaban J connectivity index is 1.95. The average molecular weight is 234 g/mol. The molecule has 1 aromatic rings. The third kappa shape index (κ3) is 3.46. The minimum Gasteiger partial charge on any atom is -0.508 e. The summed E-state index contributed by atoms with van der Waals surface area (Å²) in [5, 5.41) is 12.3. The Labute approximate surface area is 101 Å². The number of hydrogen-bond acceptors (Lipinski definition) is 3. The molecule has 0 aromatic heterocycles. The summed E-state index contributed by atoms with van der Waals surface area (Å²) in [6, 6.07) is 7.32. The number of amides is 1. The van der Waals surface area contributed by atoms with Crippen molar-refractivity contribution in [3.8, 4) is 5.75 Å². The van der Waals surface area contributed by atoms with Crippen molar-refractivity contribution in [2.45, 2.75) is 25.3 Å². The van der Waals surface area contributed by atoms with Gasteiger partial charge in [-0.25, -0.2) is 0 Å². The zero-order valence-electron chi connectivity index (χ0n) is 9.73. The summed E-state index contributed by atoms with van der Waals surface area (Å²) in [6.07, 6.45) is 2.73. The molecule has 0 radical (unpaired) electrons. The van der Waals surface area contributed by atoms with Crippen LogP contribution >= 0.6 is 0 Å². The monoisotopic (exact) mass is 234 g/mol. The van der Waals surface area contributed by atoms with Crippen LogP contribution in [0.25, 0.3) is 0 Å². The second kappa shape index (κ2) is 5.19. The fourth-order valence-corrected chi connectivity index (χ4v) is 1.80. The van der Waals surface area contributed by atoms with Gasteiger partial charge < -0.3 is 16.2 Å². The lowest BCUT2D eigenvalue weighted by Gasteiger charge is -2.14. The number of rotatable bonds is 5.